The van der Waals surface area contributed by atoms with Gasteiger partial charge in [0.2, 0.25) is 5.13 Å². The van der Waals surface area contributed by atoms with Crippen LogP contribution in [0.4, 0.5) is 9.93 Å². The molecule has 108 valence electrons. The molecule has 0 bridgehead atoms. The molecule has 0 aromatic carbocycles. The van der Waals surface area contributed by atoms with E-state index in [1.54, 1.807) is 0 Å². The van der Waals surface area contributed by atoms with Crippen LogP contribution in [0.15, 0.2) is 0 Å². The van der Waals surface area contributed by atoms with Gasteiger partial charge in [0.25, 0.3) is 0 Å². The second kappa shape index (κ2) is 4.87. The molecule has 2 aliphatic heterocycles. The number of urea groups is 1. The molecule has 3 aliphatic rings. The van der Waals surface area contributed by atoms with E-state index in [0.29, 0.717) is 12.0 Å². The zero-order valence-electron chi connectivity index (χ0n) is 11.4. The molecule has 2 saturated heterocycles. The van der Waals surface area contributed by atoms with Crippen LogP contribution >= 0.6 is 11.5 Å². The number of aromatic nitrogens is 2. The van der Waals surface area contributed by atoms with Crippen molar-refractivity contribution in [2.75, 3.05) is 31.1 Å². The molecule has 3 fully saturated rings. The van der Waals surface area contributed by atoms with Crippen LogP contribution < -0.4 is 10.2 Å². The van der Waals surface area contributed by atoms with Crippen molar-refractivity contribution in [3.05, 3.63) is 5.82 Å². The zero-order valence-corrected chi connectivity index (χ0v) is 12.2. The summed E-state index contributed by atoms with van der Waals surface area (Å²) in [5.74, 6) is 1.63. The van der Waals surface area contributed by atoms with Crippen LogP contribution in [-0.4, -0.2) is 52.5 Å². The molecule has 0 radical (unpaired) electrons. The third kappa shape index (κ3) is 2.04. The van der Waals surface area contributed by atoms with Gasteiger partial charge in [-0.2, -0.15) is 4.37 Å². The number of hydrogen-bond donors (Lipinski definition) is 1. The van der Waals surface area contributed by atoms with Crippen molar-refractivity contribution in [3.8, 4) is 0 Å². The number of nitrogens with zero attached hydrogens (tertiary/aromatic N) is 4. The highest BCUT2D eigenvalue weighted by Crippen LogP contribution is 2.35. The molecule has 0 atom stereocenters. The fraction of sp³-hybridized carbons (Fsp3) is 0.769. The Morgan fingerprint density at radius 3 is 2.75 bits per heavy atom. The van der Waals surface area contributed by atoms with Crippen molar-refractivity contribution in [1.29, 1.82) is 0 Å². The van der Waals surface area contributed by atoms with Crippen molar-refractivity contribution >= 4 is 22.7 Å². The van der Waals surface area contributed by atoms with Gasteiger partial charge in [-0.15, -0.1) is 0 Å². The molecule has 1 aromatic heterocycles. The normalized spacial score (nSPS) is 24.3. The van der Waals surface area contributed by atoms with Gasteiger partial charge < -0.3 is 15.1 Å². The quantitative estimate of drug-likeness (QED) is 0.915. The highest BCUT2D eigenvalue weighted by atomic mass is 32.1. The maximum Gasteiger partial charge on any atom is 0.317 e. The fourth-order valence-electron chi connectivity index (χ4n) is 3.35. The van der Waals surface area contributed by atoms with E-state index in [-0.39, 0.29) is 6.03 Å². The minimum Gasteiger partial charge on any atom is -0.343 e. The van der Waals surface area contributed by atoms with Crippen LogP contribution in [0.1, 0.15) is 37.4 Å². The van der Waals surface area contributed by atoms with Crippen molar-refractivity contribution < 1.29 is 4.79 Å². The van der Waals surface area contributed by atoms with E-state index >= 15 is 0 Å². The van der Waals surface area contributed by atoms with Crippen molar-refractivity contribution in [3.63, 3.8) is 0 Å². The van der Waals surface area contributed by atoms with E-state index in [1.807, 2.05) is 4.90 Å². The van der Waals surface area contributed by atoms with E-state index in [4.69, 9.17) is 4.98 Å². The molecular formula is C13H19N5OS. The Labute approximate surface area is 122 Å². The SMILES string of the molecule is O=C1NCCN1C1CN(c2nc(C3CCCC3)ns2)C1. The highest BCUT2D eigenvalue weighted by Gasteiger charge is 2.38. The smallest absolute Gasteiger partial charge is 0.317 e. The third-order valence-electron chi connectivity index (χ3n) is 4.61. The van der Waals surface area contributed by atoms with Crippen LogP contribution in [0.5, 0.6) is 0 Å². The molecule has 0 unspecified atom stereocenters. The topological polar surface area (TPSA) is 61.4 Å². The molecule has 1 aliphatic carbocycles. The summed E-state index contributed by atoms with van der Waals surface area (Å²) in [5, 5.41) is 3.89. The average Bonchev–Trinajstić information content (AvgIpc) is 3.09. The van der Waals surface area contributed by atoms with Gasteiger partial charge in [-0.1, -0.05) is 12.8 Å². The highest BCUT2D eigenvalue weighted by molar-refractivity contribution is 7.09. The number of amides is 2. The summed E-state index contributed by atoms with van der Waals surface area (Å²) in [5.41, 5.74) is 0. The zero-order chi connectivity index (χ0) is 13.5. The van der Waals surface area contributed by atoms with Crippen molar-refractivity contribution in [1.82, 2.24) is 19.6 Å². The van der Waals surface area contributed by atoms with Gasteiger partial charge in [-0.25, -0.2) is 9.78 Å². The predicted octanol–water partition coefficient (Wildman–Crippen LogP) is 1.41. The summed E-state index contributed by atoms with van der Waals surface area (Å²) in [6.07, 6.45) is 5.11. The number of carbonyl (C=O) groups excluding carboxylic acids is 1. The predicted molar refractivity (Wildman–Crippen MR) is 77.2 cm³/mol. The summed E-state index contributed by atoms with van der Waals surface area (Å²) < 4.78 is 4.53. The molecule has 1 N–H and O–H groups in total. The molecule has 1 aromatic rings. The standard InChI is InChI=1S/C13H19N5OS/c19-12-14-5-6-18(12)10-7-17(8-10)13-15-11(16-20-13)9-3-1-2-4-9/h9-10H,1-8H2,(H,14,19). The number of hydrogen-bond acceptors (Lipinski definition) is 5. The monoisotopic (exact) mass is 293 g/mol. The number of anilines is 1. The first-order chi connectivity index (χ1) is 9.81. The number of carbonyl (C=O) groups is 1. The summed E-state index contributed by atoms with van der Waals surface area (Å²) in [4.78, 5) is 20.5. The van der Waals surface area contributed by atoms with E-state index in [2.05, 4.69) is 14.6 Å². The fourth-order valence-corrected chi connectivity index (χ4v) is 4.11. The van der Waals surface area contributed by atoms with Crippen molar-refractivity contribution in [2.45, 2.75) is 37.6 Å². The van der Waals surface area contributed by atoms with E-state index in [1.165, 1.54) is 37.2 Å². The number of nitrogens with one attached hydrogen (secondary N) is 1. The van der Waals surface area contributed by atoms with Crippen LogP contribution in [0.25, 0.3) is 0 Å². The minimum absolute atomic E-state index is 0.0820. The third-order valence-corrected chi connectivity index (χ3v) is 5.41. The molecule has 7 heteroatoms. The maximum absolute atomic E-state index is 11.6. The van der Waals surface area contributed by atoms with Crippen LogP contribution in [0.3, 0.4) is 0 Å². The van der Waals surface area contributed by atoms with Gasteiger partial charge >= 0.3 is 6.03 Å². The minimum atomic E-state index is 0.0820. The van der Waals surface area contributed by atoms with Crippen LogP contribution in [-0.2, 0) is 0 Å². The van der Waals surface area contributed by atoms with Crippen LogP contribution in [0, 0.1) is 0 Å². The van der Waals surface area contributed by atoms with Gasteiger partial charge in [0.05, 0.1) is 6.04 Å². The average molecular weight is 293 g/mol. The lowest BCUT2D eigenvalue weighted by atomic mass is 10.1. The van der Waals surface area contributed by atoms with Crippen molar-refractivity contribution in [2.24, 2.45) is 0 Å². The van der Waals surface area contributed by atoms with Gasteiger partial charge in [0.1, 0.15) is 5.82 Å². The first-order valence-corrected chi connectivity index (χ1v) is 8.21. The maximum atomic E-state index is 11.6. The summed E-state index contributed by atoms with van der Waals surface area (Å²) in [7, 11) is 0. The van der Waals surface area contributed by atoms with E-state index in [0.717, 1.165) is 37.1 Å². The van der Waals surface area contributed by atoms with Gasteiger partial charge in [-0.05, 0) is 12.8 Å². The molecule has 1 saturated carbocycles. The molecular weight excluding hydrogens is 274 g/mol. The molecule has 4 rings (SSSR count). The Morgan fingerprint density at radius 1 is 1.25 bits per heavy atom. The second-order valence-corrected chi connectivity index (χ2v) is 6.63. The van der Waals surface area contributed by atoms with Crippen LogP contribution in [0.2, 0.25) is 0 Å². The lowest BCUT2D eigenvalue weighted by molar-refractivity contribution is 0.185. The Bertz CT molecular complexity index is 507. The molecule has 2 amide bonds. The Morgan fingerprint density at radius 2 is 2.05 bits per heavy atom. The van der Waals surface area contributed by atoms with Gasteiger partial charge in [0.15, 0.2) is 0 Å². The Hall–Kier alpha value is -1.37. The first-order valence-electron chi connectivity index (χ1n) is 7.44. The lowest BCUT2D eigenvalue weighted by Crippen LogP contribution is -2.60. The van der Waals surface area contributed by atoms with E-state index < -0.39 is 0 Å². The van der Waals surface area contributed by atoms with Gasteiger partial charge in [-0.3, -0.25) is 0 Å². The largest absolute Gasteiger partial charge is 0.343 e. The number of rotatable bonds is 3. The Kier molecular flexibility index (Phi) is 3.02. The van der Waals surface area contributed by atoms with E-state index in [9.17, 15) is 4.79 Å². The summed E-state index contributed by atoms with van der Waals surface area (Å²) in [6, 6.07) is 0.426. The second-order valence-electron chi connectivity index (χ2n) is 5.90. The first kappa shape index (κ1) is 12.4. The molecule has 20 heavy (non-hydrogen) atoms. The summed E-state index contributed by atoms with van der Waals surface area (Å²) in [6.45, 7) is 3.40. The molecule has 3 heterocycles. The lowest BCUT2D eigenvalue weighted by Gasteiger charge is -2.43. The molecule has 0 spiro atoms. The van der Waals surface area contributed by atoms with Gasteiger partial charge in [0, 0.05) is 43.6 Å². The molecule has 6 nitrogen and oxygen atoms in total. The summed E-state index contributed by atoms with van der Waals surface area (Å²) >= 11 is 1.51. The Balaban J connectivity index is 1.37.